The van der Waals surface area contributed by atoms with Crippen molar-refractivity contribution in [2.24, 2.45) is 0 Å². The minimum absolute atomic E-state index is 0.169. The zero-order chi connectivity index (χ0) is 22.8. The van der Waals surface area contributed by atoms with Gasteiger partial charge in [0.25, 0.3) is 11.3 Å². The van der Waals surface area contributed by atoms with Crippen LogP contribution in [-0.2, 0) is 0 Å². The van der Waals surface area contributed by atoms with E-state index < -0.39 is 6.04 Å². The summed E-state index contributed by atoms with van der Waals surface area (Å²) in [5, 5.41) is 16.1. The molecule has 0 bridgehead atoms. The summed E-state index contributed by atoms with van der Waals surface area (Å²) in [7, 11) is 3.12. The highest BCUT2D eigenvalue weighted by Gasteiger charge is 2.28. The van der Waals surface area contributed by atoms with Crippen LogP contribution in [0.5, 0.6) is 17.2 Å². The first-order valence-corrected chi connectivity index (χ1v) is 10.6. The standard InChI is InChI=1S/C25H24ClN3O3/c1-14-9-10-27-21(11-14)29-22(17-12-19(26)25(32-4)20(13-17)31-3)18-8-7-16-6-5-15(2)28-23(16)24(18)30/h5-13,22,30H,1-4H3,(H,27,29)/p+2. The largest absolute Gasteiger partial charge is 0.502 e. The minimum Gasteiger partial charge on any atom is -0.502 e. The van der Waals surface area contributed by atoms with Gasteiger partial charge in [-0.05, 0) is 48.9 Å². The Bertz CT molecular complexity index is 1290. The molecule has 2 aromatic carbocycles. The Morgan fingerprint density at radius 1 is 1.00 bits per heavy atom. The van der Waals surface area contributed by atoms with Crippen LogP contribution < -0.4 is 24.8 Å². The lowest BCUT2D eigenvalue weighted by Gasteiger charge is -2.19. The maximum atomic E-state index is 11.3. The molecule has 32 heavy (non-hydrogen) atoms. The molecule has 0 saturated carbocycles. The Morgan fingerprint density at radius 2 is 1.78 bits per heavy atom. The molecule has 0 saturated heterocycles. The van der Waals surface area contributed by atoms with Gasteiger partial charge in [-0.25, -0.2) is 9.97 Å². The van der Waals surface area contributed by atoms with E-state index in [1.807, 2.05) is 68.6 Å². The maximum Gasteiger partial charge on any atom is 0.273 e. The van der Waals surface area contributed by atoms with E-state index >= 15 is 0 Å². The van der Waals surface area contributed by atoms with Gasteiger partial charge in [0.05, 0.1) is 30.8 Å². The second kappa shape index (κ2) is 8.93. The van der Waals surface area contributed by atoms with Crippen molar-refractivity contribution < 1.29 is 24.5 Å². The summed E-state index contributed by atoms with van der Waals surface area (Å²) in [5.41, 5.74) is 4.23. The number of fused-ring (bicyclic) bond motifs is 1. The SMILES string of the molecule is COc1cc(C(Nc2cc(C)cc[nH+]2)c2ccc3ccc(C)[nH+]c3c2O)cc(Cl)c1OC. The van der Waals surface area contributed by atoms with E-state index in [1.165, 1.54) is 0 Å². The Kier molecular flexibility index (Phi) is 6.06. The van der Waals surface area contributed by atoms with Gasteiger partial charge in [0.2, 0.25) is 0 Å². The number of rotatable bonds is 6. The van der Waals surface area contributed by atoms with Crippen molar-refractivity contribution in [1.82, 2.24) is 0 Å². The molecule has 0 aliphatic heterocycles. The summed E-state index contributed by atoms with van der Waals surface area (Å²) in [6.07, 6.45) is 1.87. The molecule has 1 atom stereocenters. The van der Waals surface area contributed by atoms with Gasteiger partial charge in [-0.15, -0.1) is 0 Å². The van der Waals surface area contributed by atoms with Gasteiger partial charge in [-0.1, -0.05) is 11.6 Å². The van der Waals surface area contributed by atoms with Gasteiger partial charge in [-0.3, -0.25) is 5.32 Å². The highest BCUT2D eigenvalue weighted by Crippen LogP contribution is 2.42. The number of aromatic hydroxyl groups is 1. The van der Waals surface area contributed by atoms with Gasteiger partial charge in [0.15, 0.2) is 22.9 Å². The van der Waals surface area contributed by atoms with Crippen LogP contribution in [0.15, 0.2) is 54.7 Å². The second-order valence-electron chi connectivity index (χ2n) is 7.70. The van der Waals surface area contributed by atoms with Crippen molar-refractivity contribution in [3.63, 3.8) is 0 Å². The average Bonchev–Trinajstić information content (AvgIpc) is 2.78. The summed E-state index contributed by atoms with van der Waals surface area (Å²) in [6, 6.07) is 15.1. The molecular weight excluding hydrogens is 426 g/mol. The number of phenols is 1. The number of ether oxygens (including phenoxy) is 2. The Balaban J connectivity index is 1.92. The number of aryl methyl sites for hydroxylation is 2. The maximum absolute atomic E-state index is 11.3. The predicted molar refractivity (Wildman–Crippen MR) is 125 cm³/mol. The fourth-order valence-corrected chi connectivity index (χ4v) is 4.14. The molecule has 1 unspecified atom stereocenters. The molecule has 0 radical (unpaired) electrons. The lowest BCUT2D eigenvalue weighted by atomic mass is 9.95. The molecule has 4 rings (SSSR count). The van der Waals surface area contributed by atoms with E-state index in [4.69, 9.17) is 21.1 Å². The number of benzene rings is 2. The summed E-state index contributed by atoms with van der Waals surface area (Å²) < 4.78 is 10.9. The number of aromatic amines is 2. The lowest BCUT2D eigenvalue weighted by molar-refractivity contribution is -0.361. The van der Waals surface area contributed by atoms with Crippen LogP contribution in [-0.4, -0.2) is 19.3 Å². The summed E-state index contributed by atoms with van der Waals surface area (Å²) >= 11 is 6.52. The van der Waals surface area contributed by atoms with Crippen LogP contribution in [0.4, 0.5) is 5.82 Å². The third kappa shape index (κ3) is 4.14. The van der Waals surface area contributed by atoms with Crippen molar-refractivity contribution >= 4 is 28.3 Å². The third-order valence-corrected chi connectivity index (χ3v) is 5.71. The van der Waals surface area contributed by atoms with Crippen molar-refractivity contribution in [1.29, 1.82) is 0 Å². The van der Waals surface area contributed by atoms with Crippen LogP contribution in [0.3, 0.4) is 0 Å². The van der Waals surface area contributed by atoms with Crippen LogP contribution in [0.25, 0.3) is 10.9 Å². The quantitative estimate of drug-likeness (QED) is 0.446. The summed E-state index contributed by atoms with van der Waals surface area (Å²) in [4.78, 5) is 6.49. The van der Waals surface area contributed by atoms with Crippen LogP contribution in [0.2, 0.25) is 5.02 Å². The van der Waals surface area contributed by atoms with Crippen LogP contribution >= 0.6 is 11.6 Å². The third-order valence-electron chi connectivity index (χ3n) is 5.43. The molecule has 0 spiro atoms. The van der Waals surface area contributed by atoms with Gasteiger partial charge >= 0.3 is 0 Å². The molecule has 4 N–H and O–H groups in total. The molecule has 0 aliphatic carbocycles. The molecule has 2 heterocycles. The monoisotopic (exact) mass is 451 g/mol. The smallest absolute Gasteiger partial charge is 0.273 e. The number of phenolic OH excluding ortho intramolecular Hbond substituents is 1. The van der Waals surface area contributed by atoms with Crippen molar-refractivity contribution in [2.75, 3.05) is 19.5 Å². The average molecular weight is 452 g/mol. The number of pyridine rings is 2. The number of hydrogen-bond acceptors (Lipinski definition) is 4. The zero-order valence-corrected chi connectivity index (χ0v) is 19.2. The second-order valence-corrected chi connectivity index (χ2v) is 8.11. The molecular formula is C25H26ClN3O3+2. The Morgan fingerprint density at radius 3 is 2.50 bits per heavy atom. The number of H-pyrrole nitrogens is 2. The van der Waals surface area contributed by atoms with E-state index in [0.29, 0.717) is 27.6 Å². The molecule has 0 aliphatic rings. The zero-order valence-electron chi connectivity index (χ0n) is 18.4. The molecule has 2 aromatic heterocycles. The van der Waals surface area contributed by atoms with Crippen LogP contribution in [0.1, 0.15) is 28.4 Å². The minimum atomic E-state index is -0.427. The number of anilines is 1. The van der Waals surface area contributed by atoms with E-state index in [0.717, 1.165) is 28.0 Å². The first-order chi connectivity index (χ1) is 15.4. The highest BCUT2D eigenvalue weighted by molar-refractivity contribution is 6.32. The number of aromatic nitrogens is 2. The molecule has 0 fully saturated rings. The van der Waals surface area contributed by atoms with Crippen molar-refractivity contribution in [3.8, 4) is 17.2 Å². The molecule has 164 valence electrons. The topological polar surface area (TPSA) is 79.0 Å². The van der Waals surface area contributed by atoms with E-state index in [2.05, 4.69) is 15.3 Å². The Hall–Kier alpha value is -3.51. The van der Waals surface area contributed by atoms with E-state index in [1.54, 1.807) is 14.2 Å². The number of hydrogen-bond donors (Lipinski definition) is 2. The normalized spacial score (nSPS) is 11.9. The predicted octanol–water partition coefficient (Wildman–Crippen LogP) is 4.66. The lowest BCUT2D eigenvalue weighted by Crippen LogP contribution is -2.20. The van der Waals surface area contributed by atoms with Crippen LogP contribution in [0, 0.1) is 13.8 Å². The highest BCUT2D eigenvalue weighted by atomic mass is 35.5. The van der Waals surface area contributed by atoms with E-state index in [9.17, 15) is 5.11 Å². The molecule has 0 amide bonds. The van der Waals surface area contributed by atoms with Crippen molar-refractivity contribution in [3.05, 3.63) is 82.1 Å². The first-order valence-electron chi connectivity index (χ1n) is 10.2. The number of halogens is 1. The van der Waals surface area contributed by atoms with Gasteiger partial charge < -0.3 is 14.6 Å². The fourth-order valence-electron chi connectivity index (χ4n) is 3.84. The Labute approximate surface area is 191 Å². The first kappa shape index (κ1) is 21.7. The molecule has 7 heteroatoms. The van der Waals surface area contributed by atoms with Gasteiger partial charge in [0.1, 0.15) is 6.04 Å². The van der Waals surface area contributed by atoms with Gasteiger partial charge in [0, 0.05) is 30.2 Å². The van der Waals surface area contributed by atoms with Crippen molar-refractivity contribution in [2.45, 2.75) is 19.9 Å². The summed E-state index contributed by atoms with van der Waals surface area (Å²) in [6.45, 7) is 3.98. The van der Waals surface area contributed by atoms with E-state index in [-0.39, 0.29) is 5.75 Å². The van der Waals surface area contributed by atoms with Gasteiger partial charge in [-0.2, -0.15) is 0 Å². The fraction of sp³-hybridized carbons (Fsp3) is 0.200. The molecule has 4 aromatic rings. The summed E-state index contributed by atoms with van der Waals surface area (Å²) in [5.74, 6) is 1.94. The number of nitrogens with one attached hydrogen (secondary N) is 3. The molecule has 6 nitrogen and oxygen atoms in total. The number of methoxy groups -OCH3 is 2.